The monoisotopic (exact) mass is 366 g/mol. The number of hydrogen-bond donors (Lipinski definition) is 2. The summed E-state index contributed by atoms with van der Waals surface area (Å²) in [4.78, 5) is 23.4. The van der Waals surface area contributed by atoms with Crippen LogP contribution < -0.4 is 10.6 Å². The number of anilines is 2. The second kappa shape index (κ2) is 7.02. The molecular formula is C16H15ClN2O4S. The molecule has 0 spiro atoms. The molecule has 2 aromatic carbocycles. The normalized spacial score (nSPS) is 11.0. The molecule has 0 aromatic heterocycles. The molecule has 8 heteroatoms. The summed E-state index contributed by atoms with van der Waals surface area (Å²) >= 11 is 6.04. The van der Waals surface area contributed by atoms with Crippen LogP contribution in [0.3, 0.4) is 0 Å². The van der Waals surface area contributed by atoms with Crippen LogP contribution in [-0.2, 0) is 14.6 Å². The molecule has 0 atom stereocenters. The molecule has 6 nitrogen and oxygen atoms in total. The van der Waals surface area contributed by atoms with Gasteiger partial charge in [0.25, 0.3) is 5.91 Å². The third-order valence-electron chi connectivity index (χ3n) is 3.07. The Labute approximate surface area is 144 Å². The van der Waals surface area contributed by atoms with E-state index in [1.807, 2.05) is 0 Å². The van der Waals surface area contributed by atoms with E-state index in [0.717, 1.165) is 6.26 Å². The Morgan fingerprint density at radius 3 is 2.29 bits per heavy atom. The fourth-order valence-corrected chi connectivity index (χ4v) is 3.17. The van der Waals surface area contributed by atoms with Crippen LogP contribution in [0.15, 0.2) is 47.4 Å². The zero-order chi connectivity index (χ0) is 17.9. The van der Waals surface area contributed by atoms with Crippen LogP contribution in [-0.4, -0.2) is 26.5 Å². The molecule has 0 unspecified atom stereocenters. The quantitative estimate of drug-likeness (QED) is 0.870. The van der Waals surface area contributed by atoms with Crippen molar-refractivity contribution in [2.45, 2.75) is 11.8 Å². The first-order chi connectivity index (χ1) is 11.2. The number of sulfone groups is 1. The van der Waals surface area contributed by atoms with Gasteiger partial charge in [0.05, 0.1) is 21.2 Å². The Hall–Kier alpha value is -2.38. The molecule has 2 amide bonds. The van der Waals surface area contributed by atoms with Crippen LogP contribution in [0.1, 0.15) is 17.3 Å². The van der Waals surface area contributed by atoms with E-state index in [9.17, 15) is 18.0 Å². The number of hydrogen-bond acceptors (Lipinski definition) is 4. The highest BCUT2D eigenvalue weighted by molar-refractivity contribution is 7.90. The van der Waals surface area contributed by atoms with Crippen molar-refractivity contribution in [1.29, 1.82) is 0 Å². The van der Waals surface area contributed by atoms with Crippen molar-refractivity contribution < 1.29 is 18.0 Å². The van der Waals surface area contributed by atoms with Gasteiger partial charge < -0.3 is 10.6 Å². The van der Waals surface area contributed by atoms with Crippen molar-refractivity contribution in [2.24, 2.45) is 0 Å². The van der Waals surface area contributed by atoms with Crippen LogP contribution in [0.4, 0.5) is 11.4 Å². The van der Waals surface area contributed by atoms with Crippen LogP contribution in [0.2, 0.25) is 5.02 Å². The van der Waals surface area contributed by atoms with Gasteiger partial charge in [-0.05, 0) is 30.3 Å². The zero-order valence-electron chi connectivity index (χ0n) is 13.0. The molecule has 2 N–H and O–H groups in total. The molecule has 0 heterocycles. The molecular weight excluding hydrogens is 352 g/mol. The van der Waals surface area contributed by atoms with Gasteiger partial charge in [-0.1, -0.05) is 23.7 Å². The molecule has 2 rings (SSSR count). The van der Waals surface area contributed by atoms with Gasteiger partial charge in [0.1, 0.15) is 0 Å². The van der Waals surface area contributed by atoms with Crippen molar-refractivity contribution in [1.82, 2.24) is 0 Å². The Morgan fingerprint density at radius 1 is 1.04 bits per heavy atom. The van der Waals surface area contributed by atoms with Gasteiger partial charge in [0, 0.05) is 18.9 Å². The van der Waals surface area contributed by atoms with Gasteiger partial charge in [-0.15, -0.1) is 0 Å². The predicted molar refractivity (Wildman–Crippen MR) is 93.3 cm³/mol. The number of amides is 2. The molecule has 0 aliphatic carbocycles. The van der Waals surface area contributed by atoms with E-state index in [1.165, 1.54) is 25.1 Å². The van der Waals surface area contributed by atoms with E-state index < -0.39 is 15.7 Å². The zero-order valence-corrected chi connectivity index (χ0v) is 14.5. The number of carbonyl (C=O) groups is 2. The molecule has 0 saturated carbocycles. The highest BCUT2D eigenvalue weighted by atomic mass is 35.5. The summed E-state index contributed by atoms with van der Waals surface area (Å²) in [5, 5.41) is 5.39. The van der Waals surface area contributed by atoms with Gasteiger partial charge >= 0.3 is 0 Å². The van der Waals surface area contributed by atoms with Crippen LogP contribution in [0.25, 0.3) is 0 Å². The average molecular weight is 367 g/mol. The highest BCUT2D eigenvalue weighted by Crippen LogP contribution is 2.26. The predicted octanol–water partition coefficient (Wildman–Crippen LogP) is 2.95. The van der Waals surface area contributed by atoms with Crippen molar-refractivity contribution in [3.05, 3.63) is 53.1 Å². The Morgan fingerprint density at radius 2 is 1.71 bits per heavy atom. The largest absolute Gasteiger partial charge is 0.325 e. The first kappa shape index (κ1) is 18.0. The minimum absolute atomic E-state index is 0.0436. The topological polar surface area (TPSA) is 92.3 Å². The second-order valence-corrected chi connectivity index (χ2v) is 7.49. The summed E-state index contributed by atoms with van der Waals surface area (Å²) in [6.07, 6.45) is 1.04. The van der Waals surface area contributed by atoms with Gasteiger partial charge in [-0.3, -0.25) is 9.59 Å². The van der Waals surface area contributed by atoms with Crippen molar-refractivity contribution in [3.63, 3.8) is 0 Å². The maximum Gasteiger partial charge on any atom is 0.256 e. The molecule has 0 bridgehead atoms. The van der Waals surface area contributed by atoms with Crippen molar-refractivity contribution >= 4 is 44.6 Å². The summed E-state index contributed by atoms with van der Waals surface area (Å²) in [6.45, 7) is 1.36. The van der Waals surface area contributed by atoms with E-state index in [4.69, 9.17) is 11.6 Å². The minimum atomic E-state index is -3.53. The molecule has 24 heavy (non-hydrogen) atoms. The summed E-state index contributed by atoms with van der Waals surface area (Å²) < 4.78 is 23.5. The lowest BCUT2D eigenvalue weighted by Crippen LogP contribution is -2.16. The van der Waals surface area contributed by atoms with E-state index in [1.54, 1.807) is 24.3 Å². The molecule has 2 aromatic rings. The maximum atomic E-state index is 12.4. The fraction of sp³-hybridized carbons (Fsp3) is 0.125. The van der Waals surface area contributed by atoms with E-state index >= 15 is 0 Å². The summed E-state index contributed by atoms with van der Waals surface area (Å²) in [5.41, 5.74) is 0.836. The van der Waals surface area contributed by atoms with Crippen LogP contribution in [0, 0.1) is 0 Å². The maximum absolute atomic E-state index is 12.4. The number of rotatable bonds is 4. The summed E-state index contributed by atoms with van der Waals surface area (Å²) in [7, 11) is -3.53. The average Bonchev–Trinajstić information content (AvgIpc) is 2.49. The second-order valence-electron chi connectivity index (χ2n) is 5.10. The Bertz CT molecular complexity index is 910. The van der Waals surface area contributed by atoms with Gasteiger partial charge in [0.2, 0.25) is 5.91 Å². The molecule has 126 valence electrons. The SMILES string of the molecule is CC(=O)Nc1ccc(NC(=O)c2ccccc2S(C)(=O)=O)cc1Cl. The molecule has 0 radical (unpaired) electrons. The van der Waals surface area contributed by atoms with E-state index in [0.29, 0.717) is 11.4 Å². The molecule has 0 aliphatic rings. The minimum Gasteiger partial charge on any atom is -0.325 e. The lowest BCUT2D eigenvalue weighted by Gasteiger charge is -2.11. The molecule has 0 fully saturated rings. The van der Waals surface area contributed by atoms with Crippen molar-refractivity contribution in [2.75, 3.05) is 16.9 Å². The van der Waals surface area contributed by atoms with E-state index in [2.05, 4.69) is 10.6 Å². The van der Waals surface area contributed by atoms with Gasteiger partial charge in [-0.2, -0.15) is 0 Å². The smallest absolute Gasteiger partial charge is 0.256 e. The van der Waals surface area contributed by atoms with Crippen LogP contribution in [0.5, 0.6) is 0 Å². The lowest BCUT2D eigenvalue weighted by molar-refractivity contribution is -0.114. The number of halogens is 1. The standard InChI is InChI=1S/C16H15ClN2O4S/c1-10(20)18-14-8-7-11(9-13(14)17)19-16(21)12-5-3-4-6-15(12)24(2,22)23/h3-9H,1-2H3,(H,18,20)(H,19,21). The third-order valence-corrected chi connectivity index (χ3v) is 4.54. The fourth-order valence-electron chi connectivity index (χ4n) is 2.06. The number of carbonyl (C=O) groups excluding carboxylic acids is 2. The van der Waals surface area contributed by atoms with E-state index in [-0.39, 0.29) is 21.4 Å². The molecule has 0 aliphatic heterocycles. The summed E-state index contributed by atoms with van der Waals surface area (Å²) in [5.74, 6) is -0.838. The summed E-state index contributed by atoms with van der Waals surface area (Å²) in [6, 6.07) is 10.5. The first-order valence-corrected chi connectivity index (χ1v) is 9.13. The van der Waals surface area contributed by atoms with Crippen molar-refractivity contribution in [3.8, 4) is 0 Å². The van der Waals surface area contributed by atoms with Gasteiger partial charge in [0.15, 0.2) is 9.84 Å². The van der Waals surface area contributed by atoms with Crippen LogP contribution >= 0.6 is 11.6 Å². The third kappa shape index (κ3) is 4.33. The highest BCUT2D eigenvalue weighted by Gasteiger charge is 2.18. The number of benzene rings is 2. The van der Waals surface area contributed by atoms with Gasteiger partial charge in [-0.25, -0.2) is 8.42 Å². The Kier molecular flexibility index (Phi) is 5.26. The first-order valence-electron chi connectivity index (χ1n) is 6.86. The Balaban J connectivity index is 2.28. The number of nitrogens with one attached hydrogen (secondary N) is 2. The lowest BCUT2D eigenvalue weighted by atomic mass is 10.2. The molecule has 0 saturated heterocycles.